The standard InChI is InChI=1S/C32H36N2O7S/c1-21(36)34-26-13-15-28(16-14-26)42-20-27-17-29(24-9-7-23(19-35)8-10-24)41-32(40-27)25-11-5-22(6-12-25)18-33-30(37)3-2-4-31(38)39/h5-16,27,29,32,35H,2-4,17-20H2,1H3,(H,33,37)(H,34,36)(H,38,39). The number of rotatable bonds is 13. The van der Waals surface area contributed by atoms with E-state index in [1.54, 1.807) is 11.8 Å². The van der Waals surface area contributed by atoms with E-state index in [0.29, 0.717) is 25.1 Å². The second-order valence-corrected chi connectivity index (χ2v) is 11.2. The molecule has 0 spiro atoms. The molecule has 3 unspecified atom stereocenters. The molecule has 0 aromatic heterocycles. The van der Waals surface area contributed by atoms with Gasteiger partial charge >= 0.3 is 5.97 Å². The van der Waals surface area contributed by atoms with Crippen LogP contribution in [-0.4, -0.2) is 39.9 Å². The summed E-state index contributed by atoms with van der Waals surface area (Å²) in [4.78, 5) is 35.0. The number of carbonyl (C=O) groups is 3. The van der Waals surface area contributed by atoms with E-state index >= 15 is 0 Å². The number of hydrogen-bond donors (Lipinski definition) is 4. The molecule has 222 valence electrons. The number of ether oxygens (including phenoxy) is 2. The molecule has 3 aromatic carbocycles. The molecule has 3 aromatic rings. The largest absolute Gasteiger partial charge is 0.481 e. The third-order valence-corrected chi connectivity index (χ3v) is 7.91. The number of aliphatic carboxylic acids is 1. The van der Waals surface area contributed by atoms with Crippen LogP contribution in [0.3, 0.4) is 0 Å². The first kappa shape index (κ1) is 31.2. The number of thioether (sulfide) groups is 1. The molecule has 0 saturated carbocycles. The molecule has 1 aliphatic rings. The summed E-state index contributed by atoms with van der Waals surface area (Å²) in [6.07, 6.45) is 0.229. The van der Waals surface area contributed by atoms with Gasteiger partial charge in [0.15, 0.2) is 6.29 Å². The van der Waals surface area contributed by atoms with Crippen LogP contribution in [0.5, 0.6) is 0 Å². The number of carboxylic acid groups (broad SMARTS) is 1. The van der Waals surface area contributed by atoms with E-state index in [2.05, 4.69) is 10.6 Å². The van der Waals surface area contributed by atoms with Gasteiger partial charge in [0, 0.05) is 54.6 Å². The van der Waals surface area contributed by atoms with Crippen LogP contribution in [0.15, 0.2) is 77.7 Å². The van der Waals surface area contributed by atoms with Crippen LogP contribution in [0.2, 0.25) is 0 Å². The SMILES string of the molecule is CC(=O)Nc1ccc(SCC2CC(c3ccc(CO)cc3)OC(c3ccc(CNC(=O)CCCC(=O)O)cc3)O2)cc1. The maximum Gasteiger partial charge on any atom is 0.303 e. The van der Waals surface area contributed by atoms with Crippen molar-refractivity contribution in [1.82, 2.24) is 5.32 Å². The van der Waals surface area contributed by atoms with Gasteiger partial charge < -0.3 is 30.3 Å². The van der Waals surface area contributed by atoms with Gasteiger partial charge in [-0.2, -0.15) is 0 Å². The minimum atomic E-state index is -0.909. The maximum atomic E-state index is 12.0. The van der Waals surface area contributed by atoms with E-state index in [1.165, 1.54) is 6.92 Å². The molecule has 42 heavy (non-hydrogen) atoms. The van der Waals surface area contributed by atoms with E-state index in [4.69, 9.17) is 14.6 Å². The molecule has 4 N–H and O–H groups in total. The Morgan fingerprint density at radius 1 is 0.881 bits per heavy atom. The zero-order valence-corrected chi connectivity index (χ0v) is 24.3. The Labute approximate surface area is 249 Å². The van der Waals surface area contributed by atoms with E-state index in [9.17, 15) is 19.5 Å². The zero-order chi connectivity index (χ0) is 29.9. The first-order valence-electron chi connectivity index (χ1n) is 13.9. The van der Waals surface area contributed by atoms with Gasteiger partial charge in [-0.25, -0.2) is 0 Å². The Bertz CT molecular complexity index is 1330. The second-order valence-electron chi connectivity index (χ2n) is 10.1. The third-order valence-electron chi connectivity index (χ3n) is 6.76. The minimum Gasteiger partial charge on any atom is -0.481 e. The highest BCUT2D eigenvalue weighted by Gasteiger charge is 2.32. The molecule has 2 amide bonds. The zero-order valence-electron chi connectivity index (χ0n) is 23.5. The van der Waals surface area contributed by atoms with Gasteiger partial charge in [-0.3, -0.25) is 14.4 Å². The second kappa shape index (κ2) is 15.5. The summed E-state index contributed by atoms with van der Waals surface area (Å²) in [7, 11) is 0. The highest BCUT2D eigenvalue weighted by atomic mass is 32.2. The highest BCUT2D eigenvalue weighted by Crippen LogP contribution is 2.39. The monoisotopic (exact) mass is 592 g/mol. The van der Waals surface area contributed by atoms with Crippen LogP contribution < -0.4 is 10.6 Å². The number of carboxylic acids is 1. The lowest BCUT2D eigenvalue weighted by Gasteiger charge is -2.36. The van der Waals surface area contributed by atoms with Crippen molar-refractivity contribution in [3.05, 3.63) is 95.1 Å². The van der Waals surface area contributed by atoms with Crippen molar-refractivity contribution in [3.63, 3.8) is 0 Å². The van der Waals surface area contributed by atoms with Crippen molar-refractivity contribution in [3.8, 4) is 0 Å². The Morgan fingerprint density at radius 3 is 2.19 bits per heavy atom. The molecule has 3 atom stereocenters. The average molecular weight is 593 g/mol. The molecule has 1 saturated heterocycles. The molecule has 4 rings (SSSR count). The number of hydrogen-bond acceptors (Lipinski definition) is 7. The molecule has 1 aliphatic heterocycles. The predicted octanol–water partition coefficient (Wildman–Crippen LogP) is 5.35. The minimum absolute atomic E-state index is 0.0212. The number of carbonyl (C=O) groups excluding carboxylic acids is 2. The van der Waals surface area contributed by atoms with Crippen LogP contribution >= 0.6 is 11.8 Å². The Kier molecular flexibility index (Phi) is 11.5. The van der Waals surface area contributed by atoms with Crippen molar-refractivity contribution in [2.45, 2.75) is 69.2 Å². The summed E-state index contributed by atoms with van der Waals surface area (Å²) in [6, 6.07) is 23.1. The quantitative estimate of drug-likeness (QED) is 0.195. The summed E-state index contributed by atoms with van der Waals surface area (Å²) in [6.45, 7) is 1.80. The fourth-order valence-electron chi connectivity index (χ4n) is 4.53. The van der Waals surface area contributed by atoms with Gasteiger partial charge in [-0.15, -0.1) is 11.8 Å². The van der Waals surface area contributed by atoms with Crippen LogP contribution in [0.4, 0.5) is 5.69 Å². The van der Waals surface area contributed by atoms with E-state index in [0.717, 1.165) is 32.8 Å². The fraction of sp³-hybridized carbons (Fsp3) is 0.344. The van der Waals surface area contributed by atoms with Crippen molar-refractivity contribution in [2.24, 2.45) is 0 Å². The fourth-order valence-corrected chi connectivity index (χ4v) is 5.45. The normalized spacial score (nSPS) is 18.3. The topological polar surface area (TPSA) is 134 Å². The lowest BCUT2D eigenvalue weighted by Crippen LogP contribution is -2.31. The lowest BCUT2D eigenvalue weighted by atomic mass is 10.0. The van der Waals surface area contributed by atoms with Gasteiger partial charge in [0.1, 0.15) is 0 Å². The van der Waals surface area contributed by atoms with Crippen molar-refractivity contribution >= 4 is 35.2 Å². The van der Waals surface area contributed by atoms with E-state index < -0.39 is 12.3 Å². The molecule has 0 bridgehead atoms. The number of aliphatic hydroxyl groups is 1. The predicted molar refractivity (Wildman–Crippen MR) is 160 cm³/mol. The summed E-state index contributed by atoms with van der Waals surface area (Å²) in [5.74, 6) is -0.496. The van der Waals surface area contributed by atoms with Crippen molar-refractivity contribution in [1.29, 1.82) is 0 Å². The van der Waals surface area contributed by atoms with Gasteiger partial charge in [-0.05, 0) is 47.4 Å². The first-order valence-corrected chi connectivity index (χ1v) is 14.9. The summed E-state index contributed by atoms with van der Waals surface area (Å²) < 4.78 is 12.8. The molecule has 10 heteroatoms. The Hall–Kier alpha value is -3.70. The molecule has 9 nitrogen and oxygen atoms in total. The smallest absolute Gasteiger partial charge is 0.303 e. The molecule has 1 heterocycles. The number of benzene rings is 3. The summed E-state index contributed by atoms with van der Waals surface area (Å²) >= 11 is 1.67. The molecule has 0 radical (unpaired) electrons. The third kappa shape index (κ3) is 9.70. The average Bonchev–Trinajstić information content (AvgIpc) is 2.99. The van der Waals surface area contributed by atoms with Crippen LogP contribution in [0.1, 0.15) is 67.3 Å². The van der Waals surface area contributed by atoms with Gasteiger partial charge in [0.2, 0.25) is 11.8 Å². The molecule has 0 aliphatic carbocycles. The van der Waals surface area contributed by atoms with Crippen LogP contribution in [0, 0.1) is 0 Å². The van der Waals surface area contributed by atoms with Crippen molar-refractivity contribution < 1.29 is 34.1 Å². The molecular weight excluding hydrogens is 556 g/mol. The van der Waals surface area contributed by atoms with Gasteiger partial charge in [0.25, 0.3) is 0 Å². The molecule has 1 fully saturated rings. The van der Waals surface area contributed by atoms with E-state index in [1.807, 2.05) is 72.8 Å². The first-order chi connectivity index (χ1) is 20.3. The summed E-state index contributed by atoms with van der Waals surface area (Å²) in [5, 5.41) is 23.8. The maximum absolute atomic E-state index is 12.0. The number of amides is 2. The van der Waals surface area contributed by atoms with E-state index in [-0.39, 0.29) is 43.5 Å². The summed E-state index contributed by atoms with van der Waals surface area (Å²) in [5.41, 5.74) is 4.37. The highest BCUT2D eigenvalue weighted by molar-refractivity contribution is 7.99. The Morgan fingerprint density at radius 2 is 1.55 bits per heavy atom. The molecular formula is C32H36N2O7S. The van der Waals surface area contributed by atoms with Gasteiger partial charge in [-0.1, -0.05) is 48.5 Å². The van der Waals surface area contributed by atoms with Gasteiger partial charge in [0.05, 0.1) is 18.8 Å². The van der Waals surface area contributed by atoms with Crippen LogP contribution in [-0.2, 0) is 37.0 Å². The number of nitrogens with one attached hydrogen (secondary N) is 2. The van der Waals surface area contributed by atoms with Crippen LogP contribution in [0.25, 0.3) is 0 Å². The number of aliphatic hydroxyl groups excluding tert-OH is 1. The Balaban J connectivity index is 1.40. The lowest BCUT2D eigenvalue weighted by molar-refractivity contribution is -0.245. The van der Waals surface area contributed by atoms with Crippen molar-refractivity contribution in [2.75, 3.05) is 11.1 Å². The number of anilines is 1.